The number of rotatable bonds is 2. The molecule has 2 fully saturated rings. The van der Waals surface area contributed by atoms with Crippen molar-refractivity contribution in [2.45, 2.75) is 50.3 Å². The van der Waals surface area contributed by atoms with Crippen LogP contribution in [0.5, 0.6) is 5.75 Å². The molecule has 0 bridgehead atoms. The van der Waals surface area contributed by atoms with E-state index in [1.165, 1.54) is 0 Å². The number of benzene rings is 2. The maximum absolute atomic E-state index is 10.5. The number of hydrogen-bond acceptors (Lipinski definition) is 6. The van der Waals surface area contributed by atoms with E-state index in [0.29, 0.717) is 5.75 Å². The van der Waals surface area contributed by atoms with Crippen LogP contribution in [-0.4, -0.2) is 53.3 Å². The minimum absolute atomic E-state index is 0.261. The van der Waals surface area contributed by atoms with Gasteiger partial charge in [-0.15, -0.1) is 0 Å². The summed E-state index contributed by atoms with van der Waals surface area (Å²) in [7, 11) is 0. The lowest BCUT2D eigenvalue weighted by molar-refractivity contribution is -0.373. The molecule has 2 N–H and O–H groups in total. The van der Waals surface area contributed by atoms with Gasteiger partial charge in [0.2, 0.25) is 6.29 Å². The first kappa shape index (κ1) is 16.8. The molecule has 5 atom stereocenters. The van der Waals surface area contributed by atoms with E-state index in [4.69, 9.17) is 18.9 Å². The normalized spacial score (nSPS) is 34.5. The lowest BCUT2D eigenvalue weighted by atomic mass is 9.97. The molecule has 0 unspecified atom stereocenters. The Bertz CT molecular complexity index is 753. The number of fused-ring (bicyclic) bond motifs is 2. The van der Waals surface area contributed by atoms with Gasteiger partial charge in [0.05, 0.1) is 6.61 Å². The molecule has 2 aliphatic rings. The average Bonchev–Trinajstić information content (AvgIpc) is 2.60. The lowest BCUT2D eigenvalue weighted by Crippen LogP contribution is -2.65. The zero-order valence-corrected chi connectivity index (χ0v) is 14.2. The maximum atomic E-state index is 10.5. The Morgan fingerprint density at radius 2 is 1.80 bits per heavy atom. The third-order valence-electron chi connectivity index (χ3n) is 4.65. The van der Waals surface area contributed by atoms with Crippen molar-refractivity contribution in [1.82, 2.24) is 0 Å². The third kappa shape index (κ3) is 3.12. The van der Waals surface area contributed by atoms with Gasteiger partial charge < -0.3 is 29.2 Å². The first-order valence-electron chi connectivity index (χ1n) is 8.42. The Kier molecular flexibility index (Phi) is 4.17. The van der Waals surface area contributed by atoms with E-state index in [9.17, 15) is 10.2 Å². The predicted octanol–water partition coefficient (Wildman–Crippen LogP) is 1.82. The quantitative estimate of drug-likeness (QED) is 0.864. The van der Waals surface area contributed by atoms with E-state index in [2.05, 4.69) is 0 Å². The van der Waals surface area contributed by atoms with Crippen LogP contribution in [-0.2, 0) is 14.2 Å². The Labute approximate surface area is 145 Å². The lowest BCUT2D eigenvalue weighted by Gasteiger charge is -2.48. The molecule has 2 aliphatic heterocycles. The van der Waals surface area contributed by atoms with Gasteiger partial charge in [0.1, 0.15) is 30.2 Å². The summed E-state index contributed by atoms with van der Waals surface area (Å²) in [5.74, 6) is -0.236. The second-order valence-corrected chi connectivity index (χ2v) is 6.91. The first-order valence-corrected chi connectivity index (χ1v) is 8.42. The summed E-state index contributed by atoms with van der Waals surface area (Å²) in [6.07, 6.45) is -4.52. The van der Waals surface area contributed by atoms with E-state index in [1.807, 2.05) is 42.5 Å². The van der Waals surface area contributed by atoms with E-state index in [1.54, 1.807) is 13.8 Å². The summed E-state index contributed by atoms with van der Waals surface area (Å²) in [6.45, 7) is 3.79. The zero-order valence-electron chi connectivity index (χ0n) is 14.2. The molecule has 6 nitrogen and oxygen atoms in total. The topological polar surface area (TPSA) is 77.4 Å². The van der Waals surface area contributed by atoms with Crippen molar-refractivity contribution >= 4 is 10.8 Å². The standard InChI is InChI=1S/C19H22O6/c1-19(2)22-10-14-17(25-19)15(20)16(21)18(24-14)23-13-9-5-7-11-6-3-4-8-12(11)13/h3-9,14-18,20-21H,10H2,1-2H3/t14-,15+,16+,17+,18-/m0/s1. The summed E-state index contributed by atoms with van der Waals surface area (Å²) in [5, 5.41) is 22.9. The molecule has 6 heteroatoms. The van der Waals surface area contributed by atoms with Crippen LogP contribution in [0.2, 0.25) is 0 Å². The number of aliphatic hydroxyl groups is 2. The smallest absolute Gasteiger partial charge is 0.229 e. The highest BCUT2D eigenvalue weighted by Crippen LogP contribution is 2.34. The zero-order chi connectivity index (χ0) is 17.6. The van der Waals surface area contributed by atoms with Gasteiger partial charge in [0.25, 0.3) is 0 Å². The molecule has 4 rings (SSSR count). The molecule has 0 saturated carbocycles. The summed E-state index contributed by atoms with van der Waals surface area (Å²) >= 11 is 0. The van der Waals surface area contributed by atoms with E-state index in [-0.39, 0.29) is 6.61 Å². The van der Waals surface area contributed by atoms with Crippen molar-refractivity contribution in [3.05, 3.63) is 42.5 Å². The van der Waals surface area contributed by atoms with Gasteiger partial charge in [0.15, 0.2) is 5.79 Å². The molecule has 0 amide bonds. The minimum atomic E-state index is -1.23. The van der Waals surface area contributed by atoms with Gasteiger partial charge in [-0.3, -0.25) is 0 Å². The summed E-state index contributed by atoms with van der Waals surface area (Å²) in [5.41, 5.74) is 0. The monoisotopic (exact) mass is 346 g/mol. The fourth-order valence-electron chi connectivity index (χ4n) is 3.35. The van der Waals surface area contributed by atoms with Crippen LogP contribution in [0.3, 0.4) is 0 Å². The van der Waals surface area contributed by atoms with E-state index < -0.39 is 36.5 Å². The van der Waals surface area contributed by atoms with Gasteiger partial charge in [-0.2, -0.15) is 0 Å². The second kappa shape index (κ2) is 6.23. The predicted molar refractivity (Wildman–Crippen MR) is 90.2 cm³/mol. The van der Waals surface area contributed by atoms with Crippen molar-refractivity contribution in [3.8, 4) is 5.75 Å². The molecule has 2 aromatic rings. The highest BCUT2D eigenvalue weighted by molar-refractivity contribution is 5.88. The summed E-state index contributed by atoms with van der Waals surface area (Å²) < 4.78 is 23.1. The first-order chi connectivity index (χ1) is 11.9. The number of ether oxygens (including phenoxy) is 4. The average molecular weight is 346 g/mol. The van der Waals surface area contributed by atoms with E-state index >= 15 is 0 Å². The SMILES string of the molecule is CC1(C)OC[C@@H]2O[C@H](Oc3cccc4ccccc34)[C@H](O)[C@@H](O)[C@@H]2O1. The number of aliphatic hydroxyl groups excluding tert-OH is 2. The highest BCUT2D eigenvalue weighted by atomic mass is 16.8. The van der Waals surface area contributed by atoms with Crippen molar-refractivity contribution < 1.29 is 29.2 Å². The molecule has 2 heterocycles. The Balaban J connectivity index is 1.57. The van der Waals surface area contributed by atoms with Crippen LogP contribution < -0.4 is 4.74 Å². The largest absolute Gasteiger partial charge is 0.461 e. The van der Waals surface area contributed by atoms with Crippen molar-refractivity contribution in [1.29, 1.82) is 0 Å². The van der Waals surface area contributed by atoms with Crippen molar-refractivity contribution in [2.75, 3.05) is 6.61 Å². The van der Waals surface area contributed by atoms with Gasteiger partial charge in [-0.1, -0.05) is 36.4 Å². The molecule has 25 heavy (non-hydrogen) atoms. The fourth-order valence-corrected chi connectivity index (χ4v) is 3.35. The Hall–Kier alpha value is -1.70. The third-order valence-corrected chi connectivity index (χ3v) is 4.65. The minimum Gasteiger partial charge on any atom is -0.461 e. The van der Waals surface area contributed by atoms with Crippen LogP contribution >= 0.6 is 0 Å². The molecule has 134 valence electrons. The van der Waals surface area contributed by atoms with Crippen LogP contribution in [0.1, 0.15) is 13.8 Å². The molecule has 2 aromatic carbocycles. The molecular weight excluding hydrogens is 324 g/mol. The highest BCUT2D eigenvalue weighted by Gasteiger charge is 2.51. The molecule has 0 aliphatic carbocycles. The van der Waals surface area contributed by atoms with Crippen LogP contribution in [0, 0.1) is 0 Å². The Morgan fingerprint density at radius 3 is 2.64 bits per heavy atom. The fraction of sp³-hybridized carbons (Fsp3) is 0.474. The van der Waals surface area contributed by atoms with Crippen LogP contribution in [0.15, 0.2) is 42.5 Å². The van der Waals surface area contributed by atoms with Gasteiger partial charge in [-0.25, -0.2) is 0 Å². The van der Waals surface area contributed by atoms with Crippen molar-refractivity contribution in [2.24, 2.45) is 0 Å². The van der Waals surface area contributed by atoms with Crippen LogP contribution in [0.4, 0.5) is 0 Å². The molecule has 0 spiro atoms. The maximum Gasteiger partial charge on any atom is 0.229 e. The molecular formula is C19H22O6. The number of hydrogen-bond donors (Lipinski definition) is 2. The van der Waals surface area contributed by atoms with Gasteiger partial charge in [-0.05, 0) is 25.3 Å². The van der Waals surface area contributed by atoms with Crippen LogP contribution in [0.25, 0.3) is 10.8 Å². The Morgan fingerprint density at radius 1 is 1.04 bits per heavy atom. The summed E-state index contributed by atoms with van der Waals surface area (Å²) in [4.78, 5) is 0. The molecule has 2 saturated heterocycles. The van der Waals surface area contributed by atoms with E-state index in [0.717, 1.165) is 10.8 Å². The van der Waals surface area contributed by atoms with Crippen molar-refractivity contribution in [3.63, 3.8) is 0 Å². The molecule has 0 aromatic heterocycles. The summed E-state index contributed by atoms with van der Waals surface area (Å²) in [6, 6.07) is 13.5. The van der Waals surface area contributed by atoms with Gasteiger partial charge >= 0.3 is 0 Å². The molecule has 0 radical (unpaired) electrons. The second-order valence-electron chi connectivity index (χ2n) is 6.91. The van der Waals surface area contributed by atoms with Gasteiger partial charge in [0, 0.05) is 5.39 Å².